The Morgan fingerprint density at radius 2 is 1.32 bits per heavy atom. The highest BCUT2D eigenvalue weighted by Crippen LogP contribution is 2.28. The first-order valence-corrected chi connectivity index (χ1v) is 15.6. The molecule has 0 atom stereocenters. The standard InChI is InChI=1S/C28H25Cl2N3O5S2/c1-17-4-13-26(19(3)14-17)33-40(37,38)27-15-20(6-12-24(27)29)28(34)31-21-8-10-23(11-9-21)39(35,36)32-22-7-5-18(2)25(30)16-22/h4-16,32-33H,1-3H3,(H,31,34). The molecule has 4 rings (SSSR count). The van der Waals surface area contributed by atoms with Crippen LogP contribution in [0.1, 0.15) is 27.0 Å². The molecule has 40 heavy (non-hydrogen) atoms. The van der Waals surface area contributed by atoms with Crippen LogP contribution in [0.4, 0.5) is 17.1 Å². The van der Waals surface area contributed by atoms with Gasteiger partial charge < -0.3 is 5.32 Å². The Labute approximate surface area is 243 Å². The van der Waals surface area contributed by atoms with Crippen molar-refractivity contribution in [2.24, 2.45) is 0 Å². The molecule has 0 aliphatic carbocycles. The van der Waals surface area contributed by atoms with Gasteiger partial charge in [-0.2, -0.15) is 0 Å². The molecule has 1 amide bonds. The molecule has 0 aliphatic rings. The fourth-order valence-corrected chi connectivity index (χ4v) is 6.66. The molecule has 0 aromatic heterocycles. The molecular weight excluding hydrogens is 593 g/mol. The lowest BCUT2D eigenvalue weighted by Gasteiger charge is -2.13. The molecule has 0 saturated carbocycles. The first-order valence-electron chi connectivity index (χ1n) is 11.9. The number of carbonyl (C=O) groups excluding carboxylic acids is 1. The van der Waals surface area contributed by atoms with Crippen LogP contribution in [0, 0.1) is 20.8 Å². The minimum Gasteiger partial charge on any atom is -0.322 e. The van der Waals surface area contributed by atoms with E-state index in [0.29, 0.717) is 22.1 Å². The number of sulfonamides is 2. The van der Waals surface area contributed by atoms with E-state index in [2.05, 4.69) is 14.8 Å². The van der Waals surface area contributed by atoms with E-state index in [-0.39, 0.29) is 20.4 Å². The second-order valence-electron chi connectivity index (χ2n) is 9.12. The molecule has 3 N–H and O–H groups in total. The predicted octanol–water partition coefficient (Wildman–Crippen LogP) is 6.77. The second kappa shape index (κ2) is 11.5. The van der Waals surface area contributed by atoms with Crippen molar-refractivity contribution >= 4 is 66.2 Å². The molecule has 0 saturated heterocycles. The highest BCUT2D eigenvalue weighted by atomic mass is 35.5. The molecule has 0 spiro atoms. The van der Waals surface area contributed by atoms with Gasteiger partial charge in [0.15, 0.2) is 0 Å². The van der Waals surface area contributed by atoms with Crippen molar-refractivity contribution in [3.8, 4) is 0 Å². The Morgan fingerprint density at radius 3 is 1.98 bits per heavy atom. The fraction of sp³-hybridized carbons (Fsp3) is 0.107. The number of anilines is 3. The van der Waals surface area contributed by atoms with E-state index < -0.39 is 26.0 Å². The normalized spacial score (nSPS) is 11.6. The van der Waals surface area contributed by atoms with E-state index in [0.717, 1.165) is 16.7 Å². The van der Waals surface area contributed by atoms with Gasteiger partial charge in [-0.1, -0.05) is 47.0 Å². The zero-order valence-corrected chi connectivity index (χ0v) is 24.8. The minimum atomic E-state index is -4.11. The van der Waals surface area contributed by atoms with Crippen molar-refractivity contribution in [3.63, 3.8) is 0 Å². The van der Waals surface area contributed by atoms with Crippen molar-refractivity contribution in [1.29, 1.82) is 0 Å². The summed E-state index contributed by atoms with van der Waals surface area (Å²) in [5.74, 6) is -0.609. The minimum absolute atomic E-state index is 0.0282. The number of rotatable bonds is 8. The highest BCUT2D eigenvalue weighted by Gasteiger charge is 2.22. The molecule has 4 aromatic rings. The number of hydrogen-bond acceptors (Lipinski definition) is 5. The average Bonchev–Trinajstić information content (AvgIpc) is 2.88. The van der Waals surface area contributed by atoms with Crippen LogP contribution in [-0.2, 0) is 20.0 Å². The van der Waals surface area contributed by atoms with Gasteiger partial charge in [0.1, 0.15) is 4.90 Å². The number of hydrogen-bond donors (Lipinski definition) is 3. The van der Waals surface area contributed by atoms with Gasteiger partial charge in [-0.3, -0.25) is 14.2 Å². The summed E-state index contributed by atoms with van der Waals surface area (Å²) in [5.41, 5.74) is 3.58. The van der Waals surface area contributed by atoms with Crippen molar-refractivity contribution in [3.05, 3.63) is 111 Å². The molecule has 0 aliphatic heterocycles. The third-order valence-corrected chi connectivity index (χ3v) is 9.61. The first kappa shape index (κ1) is 29.4. The van der Waals surface area contributed by atoms with Gasteiger partial charge >= 0.3 is 0 Å². The average molecular weight is 619 g/mol. The highest BCUT2D eigenvalue weighted by molar-refractivity contribution is 7.93. The van der Waals surface area contributed by atoms with Crippen molar-refractivity contribution < 1.29 is 21.6 Å². The monoisotopic (exact) mass is 617 g/mol. The molecule has 0 bridgehead atoms. The van der Waals surface area contributed by atoms with Crippen LogP contribution in [0.3, 0.4) is 0 Å². The van der Waals surface area contributed by atoms with E-state index in [1.807, 2.05) is 13.0 Å². The van der Waals surface area contributed by atoms with Crippen LogP contribution in [-0.4, -0.2) is 22.7 Å². The zero-order chi connectivity index (χ0) is 29.2. The lowest BCUT2D eigenvalue weighted by atomic mass is 10.1. The number of nitrogens with one attached hydrogen (secondary N) is 3. The summed E-state index contributed by atoms with van der Waals surface area (Å²) >= 11 is 12.3. The third-order valence-electron chi connectivity index (χ3n) is 5.96. The summed E-state index contributed by atoms with van der Waals surface area (Å²) < 4.78 is 56.7. The summed E-state index contributed by atoms with van der Waals surface area (Å²) in [4.78, 5) is 12.6. The summed E-state index contributed by atoms with van der Waals surface area (Å²) in [5, 5.41) is 3.01. The topological polar surface area (TPSA) is 121 Å². The maximum absolute atomic E-state index is 13.1. The van der Waals surface area contributed by atoms with Gasteiger partial charge in [-0.15, -0.1) is 0 Å². The van der Waals surface area contributed by atoms with Crippen molar-refractivity contribution in [2.75, 3.05) is 14.8 Å². The van der Waals surface area contributed by atoms with Crippen LogP contribution in [0.25, 0.3) is 0 Å². The number of carbonyl (C=O) groups is 1. The van der Waals surface area contributed by atoms with Gasteiger partial charge in [0.25, 0.3) is 26.0 Å². The van der Waals surface area contributed by atoms with E-state index in [1.165, 1.54) is 48.5 Å². The number of halogens is 2. The summed E-state index contributed by atoms with van der Waals surface area (Å²) in [6, 6.07) is 19.5. The van der Waals surface area contributed by atoms with Gasteiger partial charge in [-0.05, 0) is 92.6 Å². The lowest BCUT2D eigenvalue weighted by Crippen LogP contribution is -2.17. The van der Waals surface area contributed by atoms with E-state index in [4.69, 9.17) is 23.2 Å². The van der Waals surface area contributed by atoms with Gasteiger partial charge in [-0.25, -0.2) is 16.8 Å². The zero-order valence-electron chi connectivity index (χ0n) is 21.6. The smallest absolute Gasteiger partial charge is 0.263 e. The SMILES string of the molecule is Cc1ccc(NS(=O)(=O)c2cc(C(=O)Nc3ccc(S(=O)(=O)Nc4ccc(C)c(Cl)c4)cc3)ccc2Cl)c(C)c1. The van der Waals surface area contributed by atoms with Crippen LogP contribution in [0.2, 0.25) is 10.0 Å². The van der Waals surface area contributed by atoms with E-state index >= 15 is 0 Å². The molecule has 0 radical (unpaired) electrons. The second-order valence-corrected chi connectivity index (χ2v) is 13.3. The molecule has 0 fully saturated rings. The quantitative estimate of drug-likeness (QED) is 0.201. The van der Waals surface area contributed by atoms with Crippen LogP contribution >= 0.6 is 23.2 Å². The molecule has 12 heteroatoms. The lowest BCUT2D eigenvalue weighted by molar-refractivity contribution is 0.102. The maximum Gasteiger partial charge on any atom is 0.263 e. The maximum atomic E-state index is 13.1. The number of benzene rings is 4. The van der Waals surface area contributed by atoms with Gasteiger partial charge in [0.05, 0.1) is 21.3 Å². The molecule has 0 heterocycles. The van der Waals surface area contributed by atoms with Gasteiger partial charge in [0.2, 0.25) is 0 Å². The molecule has 0 unspecified atom stereocenters. The fourth-order valence-electron chi connectivity index (χ4n) is 3.77. The predicted molar refractivity (Wildman–Crippen MR) is 160 cm³/mol. The Morgan fingerprint density at radius 1 is 0.650 bits per heavy atom. The van der Waals surface area contributed by atoms with Crippen molar-refractivity contribution in [1.82, 2.24) is 0 Å². The molecule has 4 aromatic carbocycles. The van der Waals surface area contributed by atoms with Gasteiger partial charge in [0, 0.05) is 16.3 Å². The Balaban J connectivity index is 1.50. The number of amides is 1. The summed E-state index contributed by atoms with van der Waals surface area (Å²) in [7, 11) is -8.01. The Kier molecular flexibility index (Phi) is 8.46. The first-order chi connectivity index (χ1) is 18.7. The van der Waals surface area contributed by atoms with E-state index in [9.17, 15) is 21.6 Å². The molecule has 208 valence electrons. The molecule has 8 nitrogen and oxygen atoms in total. The van der Waals surface area contributed by atoms with E-state index in [1.54, 1.807) is 38.1 Å². The summed E-state index contributed by atoms with van der Waals surface area (Å²) in [6.45, 7) is 5.48. The third kappa shape index (κ3) is 6.76. The Hall–Kier alpha value is -3.57. The summed E-state index contributed by atoms with van der Waals surface area (Å²) in [6.07, 6.45) is 0. The largest absolute Gasteiger partial charge is 0.322 e. The Bertz CT molecular complexity index is 1830. The van der Waals surface area contributed by atoms with Crippen molar-refractivity contribution in [2.45, 2.75) is 30.6 Å². The van der Waals surface area contributed by atoms with Crippen LogP contribution in [0.15, 0.2) is 88.7 Å². The molecular formula is C28H25Cl2N3O5S2. The number of aryl methyl sites for hydroxylation is 3. The van der Waals surface area contributed by atoms with Crippen LogP contribution in [0.5, 0.6) is 0 Å². The van der Waals surface area contributed by atoms with Crippen LogP contribution < -0.4 is 14.8 Å².